The quantitative estimate of drug-likeness (QED) is 0.573. The van der Waals surface area contributed by atoms with Gasteiger partial charge in [0.25, 0.3) is 0 Å². The molecule has 0 aliphatic heterocycles. The minimum absolute atomic E-state index is 0.0755. The standard InChI is InChI=1S/C21H21ClN2O5S/c1-13(21(25)23-18-12-19(28-2)17(22)11-20(18)29-3)24-30(26,27)16-9-8-14-6-4-5-7-15(14)10-16/h4-13,24H,1-3H3,(H,23,25)/t13-/m0/s1. The number of amides is 1. The molecule has 0 aliphatic rings. The smallest absolute Gasteiger partial charge is 0.242 e. The third-order valence-electron chi connectivity index (χ3n) is 4.49. The molecule has 0 aliphatic carbocycles. The van der Waals surface area contributed by atoms with E-state index >= 15 is 0 Å². The van der Waals surface area contributed by atoms with Crippen molar-refractivity contribution in [3.05, 3.63) is 59.6 Å². The third-order valence-corrected chi connectivity index (χ3v) is 6.32. The van der Waals surface area contributed by atoms with Gasteiger partial charge in [0.15, 0.2) is 0 Å². The van der Waals surface area contributed by atoms with Gasteiger partial charge in [-0.1, -0.05) is 41.9 Å². The lowest BCUT2D eigenvalue weighted by Crippen LogP contribution is -2.41. The first kappa shape index (κ1) is 21.9. The van der Waals surface area contributed by atoms with E-state index in [1.54, 1.807) is 12.1 Å². The molecule has 158 valence electrons. The highest BCUT2D eigenvalue weighted by molar-refractivity contribution is 7.89. The monoisotopic (exact) mass is 448 g/mol. The number of rotatable bonds is 7. The Morgan fingerprint density at radius 3 is 2.30 bits per heavy atom. The van der Waals surface area contributed by atoms with Crippen LogP contribution in [0, 0.1) is 0 Å². The molecule has 0 spiro atoms. The summed E-state index contributed by atoms with van der Waals surface area (Å²) in [5.74, 6) is 0.0953. The highest BCUT2D eigenvalue weighted by Crippen LogP contribution is 2.35. The fourth-order valence-corrected chi connectivity index (χ4v) is 4.36. The lowest BCUT2D eigenvalue weighted by Gasteiger charge is -2.17. The van der Waals surface area contributed by atoms with Gasteiger partial charge in [-0.05, 0) is 29.8 Å². The first-order valence-electron chi connectivity index (χ1n) is 8.98. The summed E-state index contributed by atoms with van der Waals surface area (Å²) >= 11 is 6.07. The minimum atomic E-state index is -3.91. The van der Waals surface area contributed by atoms with E-state index in [9.17, 15) is 13.2 Å². The maximum atomic E-state index is 12.8. The summed E-state index contributed by atoms with van der Waals surface area (Å²) in [6.07, 6.45) is 0. The number of nitrogens with one attached hydrogen (secondary N) is 2. The molecule has 0 fully saturated rings. The zero-order valence-electron chi connectivity index (χ0n) is 16.6. The van der Waals surface area contributed by atoms with Crippen molar-refractivity contribution in [3.63, 3.8) is 0 Å². The molecule has 9 heteroatoms. The molecule has 0 aromatic heterocycles. The summed E-state index contributed by atoms with van der Waals surface area (Å²) in [6, 6.07) is 14.2. The van der Waals surface area contributed by atoms with Gasteiger partial charge in [0.1, 0.15) is 11.5 Å². The van der Waals surface area contributed by atoms with E-state index in [0.717, 1.165) is 10.8 Å². The van der Waals surface area contributed by atoms with Crippen molar-refractivity contribution >= 4 is 44.0 Å². The second-order valence-electron chi connectivity index (χ2n) is 6.53. The average molecular weight is 449 g/mol. The van der Waals surface area contributed by atoms with Crippen LogP contribution < -0.4 is 19.5 Å². The molecule has 3 rings (SSSR count). The second kappa shape index (κ2) is 8.91. The van der Waals surface area contributed by atoms with Gasteiger partial charge in [-0.25, -0.2) is 8.42 Å². The molecule has 0 saturated carbocycles. The molecule has 0 heterocycles. The molecule has 2 N–H and O–H groups in total. The number of ether oxygens (including phenoxy) is 2. The van der Waals surface area contributed by atoms with Crippen molar-refractivity contribution in [3.8, 4) is 11.5 Å². The van der Waals surface area contributed by atoms with Crippen molar-refractivity contribution in [1.29, 1.82) is 0 Å². The first-order chi connectivity index (χ1) is 14.2. The Hall–Kier alpha value is -2.81. The van der Waals surface area contributed by atoms with Crippen molar-refractivity contribution in [2.45, 2.75) is 17.9 Å². The van der Waals surface area contributed by atoms with Crippen molar-refractivity contribution in [2.24, 2.45) is 0 Å². The second-order valence-corrected chi connectivity index (χ2v) is 8.65. The van der Waals surface area contributed by atoms with Gasteiger partial charge in [-0.3, -0.25) is 4.79 Å². The van der Waals surface area contributed by atoms with Crippen LogP contribution in [-0.4, -0.2) is 34.6 Å². The Morgan fingerprint density at radius 1 is 0.967 bits per heavy atom. The van der Waals surface area contributed by atoms with Crippen LogP contribution in [0.3, 0.4) is 0 Å². The number of hydrogen-bond acceptors (Lipinski definition) is 5. The van der Waals surface area contributed by atoms with Crippen LogP contribution in [0.25, 0.3) is 10.8 Å². The zero-order chi connectivity index (χ0) is 21.9. The number of anilines is 1. The predicted molar refractivity (Wildman–Crippen MR) is 117 cm³/mol. The van der Waals surface area contributed by atoms with Gasteiger partial charge in [-0.15, -0.1) is 0 Å². The Labute approximate surface area is 180 Å². The number of hydrogen-bond donors (Lipinski definition) is 2. The highest BCUT2D eigenvalue weighted by atomic mass is 35.5. The molecular weight excluding hydrogens is 428 g/mol. The largest absolute Gasteiger partial charge is 0.495 e. The molecule has 0 saturated heterocycles. The zero-order valence-corrected chi connectivity index (χ0v) is 18.2. The summed E-state index contributed by atoms with van der Waals surface area (Å²) in [5.41, 5.74) is 0.306. The van der Waals surface area contributed by atoms with E-state index in [-0.39, 0.29) is 4.90 Å². The van der Waals surface area contributed by atoms with E-state index in [4.69, 9.17) is 21.1 Å². The molecule has 1 atom stereocenters. The van der Waals surface area contributed by atoms with Crippen LogP contribution >= 0.6 is 11.6 Å². The number of sulfonamides is 1. The highest BCUT2D eigenvalue weighted by Gasteiger charge is 2.23. The van der Waals surface area contributed by atoms with Gasteiger partial charge < -0.3 is 14.8 Å². The maximum Gasteiger partial charge on any atom is 0.242 e. The Balaban J connectivity index is 1.79. The summed E-state index contributed by atoms with van der Waals surface area (Å²) in [7, 11) is -1.04. The predicted octanol–water partition coefficient (Wildman–Crippen LogP) is 3.82. The fraction of sp³-hybridized carbons (Fsp3) is 0.190. The SMILES string of the molecule is COc1cc(NC(=O)[C@H](C)NS(=O)(=O)c2ccc3ccccc3c2)c(OC)cc1Cl. The van der Waals surface area contributed by atoms with Gasteiger partial charge in [-0.2, -0.15) is 4.72 Å². The fourth-order valence-electron chi connectivity index (χ4n) is 2.89. The van der Waals surface area contributed by atoms with E-state index in [1.807, 2.05) is 24.3 Å². The normalized spacial score (nSPS) is 12.4. The minimum Gasteiger partial charge on any atom is -0.495 e. The van der Waals surface area contributed by atoms with E-state index < -0.39 is 22.0 Å². The third kappa shape index (κ3) is 4.67. The van der Waals surface area contributed by atoms with Crippen molar-refractivity contribution < 1.29 is 22.7 Å². The average Bonchev–Trinajstić information content (AvgIpc) is 2.73. The number of carbonyl (C=O) groups excluding carboxylic acids is 1. The number of carbonyl (C=O) groups is 1. The van der Waals surface area contributed by atoms with Gasteiger partial charge in [0.05, 0.1) is 35.9 Å². The molecule has 0 bridgehead atoms. The molecule has 1 amide bonds. The van der Waals surface area contributed by atoms with E-state index in [2.05, 4.69) is 10.0 Å². The lowest BCUT2D eigenvalue weighted by atomic mass is 10.1. The molecule has 3 aromatic carbocycles. The molecule has 0 radical (unpaired) electrons. The lowest BCUT2D eigenvalue weighted by molar-refractivity contribution is -0.117. The van der Waals surface area contributed by atoms with E-state index in [0.29, 0.717) is 22.2 Å². The van der Waals surface area contributed by atoms with Crippen LogP contribution in [0.1, 0.15) is 6.92 Å². The maximum absolute atomic E-state index is 12.8. The molecular formula is C21H21ClN2O5S. The number of methoxy groups -OCH3 is 2. The summed E-state index contributed by atoms with van der Waals surface area (Å²) in [5, 5.41) is 4.66. The summed E-state index contributed by atoms with van der Waals surface area (Å²) < 4.78 is 38.3. The molecule has 7 nitrogen and oxygen atoms in total. The number of halogens is 1. The Bertz CT molecular complexity index is 1200. The van der Waals surface area contributed by atoms with Crippen molar-refractivity contribution in [1.82, 2.24) is 4.72 Å². The van der Waals surface area contributed by atoms with Crippen LogP contribution in [0.2, 0.25) is 5.02 Å². The Morgan fingerprint density at radius 2 is 1.63 bits per heavy atom. The topological polar surface area (TPSA) is 93.7 Å². The number of fused-ring (bicyclic) bond motifs is 1. The van der Waals surface area contributed by atoms with Gasteiger partial charge >= 0.3 is 0 Å². The summed E-state index contributed by atoms with van der Waals surface area (Å²) in [6.45, 7) is 1.45. The molecule has 30 heavy (non-hydrogen) atoms. The van der Waals surface area contributed by atoms with Crippen molar-refractivity contribution in [2.75, 3.05) is 19.5 Å². The Kier molecular flexibility index (Phi) is 6.50. The molecule has 3 aromatic rings. The van der Waals surface area contributed by atoms with Crippen LogP contribution in [-0.2, 0) is 14.8 Å². The van der Waals surface area contributed by atoms with Gasteiger partial charge in [0, 0.05) is 12.1 Å². The molecule has 0 unspecified atom stereocenters. The number of benzene rings is 3. The first-order valence-corrected chi connectivity index (χ1v) is 10.8. The van der Waals surface area contributed by atoms with Crippen LogP contribution in [0.5, 0.6) is 11.5 Å². The van der Waals surface area contributed by atoms with Gasteiger partial charge in [0.2, 0.25) is 15.9 Å². The summed E-state index contributed by atoms with van der Waals surface area (Å²) in [4.78, 5) is 12.7. The van der Waals surface area contributed by atoms with E-state index in [1.165, 1.54) is 39.3 Å². The van der Waals surface area contributed by atoms with Crippen LogP contribution in [0.15, 0.2) is 59.5 Å². The van der Waals surface area contributed by atoms with Crippen LogP contribution in [0.4, 0.5) is 5.69 Å².